The number of hydrogen-bond acceptors (Lipinski definition) is 3. The number of nitrogens with one attached hydrogen (secondary N) is 1. The van der Waals surface area contributed by atoms with Crippen LogP contribution in [0.25, 0.3) is 0 Å². The summed E-state index contributed by atoms with van der Waals surface area (Å²) in [6, 6.07) is 5.46. The smallest absolute Gasteiger partial charge is 0.238 e. The second-order valence-electron chi connectivity index (χ2n) is 5.04. The highest BCUT2D eigenvalue weighted by Gasteiger charge is 2.19. The molecule has 1 unspecified atom stereocenters. The number of carbonyl (C=O) groups excluding carboxylic acids is 1. The van der Waals surface area contributed by atoms with Gasteiger partial charge in [-0.15, -0.1) is 0 Å². The van der Waals surface area contributed by atoms with Gasteiger partial charge in [-0.25, -0.2) is 0 Å². The normalized spacial score (nSPS) is 20.3. The first-order valence-electron chi connectivity index (χ1n) is 6.51. The van der Waals surface area contributed by atoms with Crippen LogP contribution in [0.4, 0.5) is 5.69 Å². The molecular formula is C14H19ClN2O2. The van der Waals surface area contributed by atoms with E-state index >= 15 is 0 Å². The Kier molecular flexibility index (Phi) is 4.80. The van der Waals surface area contributed by atoms with Crippen molar-refractivity contribution >= 4 is 23.2 Å². The Balaban J connectivity index is 1.88. The van der Waals surface area contributed by atoms with Crippen molar-refractivity contribution in [2.24, 2.45) is 0 Å². The van der Waals surface area contributed by atoms with Crippen LogP contribution in [0.1, 0.15) is 18.4 Å². The molecule has 104 valence electrons. The Labute approximate surface area is 118 Å². The monoisotopic (exact) mass is 282 g/mol. The molecule has 5 heteroatoms. The molecule has 0 spiro atoms. The molecule has 1 fully saturated rings. The summed E-state index contributed by atoms with van der Waals surface area (Å²) in [5.74, 6) is -0.0750. The Bertz CT molecular complexity index is 465. The summed E-state index contributed by atoms with van der Waals surface area (Å²) in [7, 11) is 0. The SMILES string of the molecule is Cc1ccc(NC(=O)CN2CCCC(O)C2)cc1Cl. The number of aliphatic hydroxyl groups is 1. The maximum Gasteiger partial charge on any atom is 0.238 e. The maximum absolute atomic E-state index is 11.9. The Morgan fingerprint density at radius 2 is 2.37 bits per heavy atom. The number of hydrogen-bond donors (Lipinski definition) is 2. The van der Waals surface area contributed by atoms with E-state index in [-0.39, 0.29) is 12.0 Å². The largest absolute Gasteiger partial charge is 0.392 e. The summed E-state index contributed by atoms with van der Waals surface area (Å²) in [6.45, 7) is 3.66. The number of piperidine rings is 1. The van der Waals surface area contributed by atoms with Crippen LogP contribution >= 0.6 is 11.6 Å². The van der Waals surface area contributed by atoms with Gasteiger partial charge in [-0.2, -0.15) is 0 Å². The van der Waals surface area contributed by atoms with E-state index < -0.39 is 0 Å². The predicted molar refractivity (Wildman–Crippen MR) is 76.5 cm³/mol. The van der Waals surface area contributed by atoms with E-state index in [1.165, 1.54) is 0 Å². The van der Waals surface area contributed by atoms with Gasteiger partial charge < -0.3 is 10.4 Å². The Hall–Kier alpha value is -1.10. The van der Waals surface area contributed by atoms with Gasteiger partial charge in [0.25, 0.3) is 0 Å². The fraction of sp³-hybridized carbons (Fsp3) is 0.500. The van der Waals surface area contributed by atoms with Crippen molar-refractivity contribution in [3.63, 3.8) is 0 Å². The molecule has 0 aromatic heterocycles. The minimum atomic E-state index is -0.310. The van der Waals surface area contributed by atoms with Crippen LogP contribution in [0.15, 0.2) is 18.2 Å². The average Bonchev–Trinajstić information content (AvgIpc) is 2.34. The van der Waals surface area contributed by atoms with Crippen LogP contribution in [0, 0.1) is 6.92 Å². The van der Waals surface area contributed by atoms with E-state index in [1.54, 1.807) is 6.07 Å². The van der Waals surface area contributed by atoms with Gasteiger partial charge in [0, 0.05) is 17.3 Å². The minimum absolute atomic E-state index is 0.0750. The summed E-state index contributed by atoms with van der Waals surface area (Å²) in [5.41, 5.74) is 1.69. The van der Waals surface area contributed by atoms with E-state index in [0.29, 0.717) is 23.8 Å². The lowest BCUT2D eigenvalue weighted by atomic mass is 10.1. The molecule has 4 nitrogen and oxygen atoms in total. The van der Waals surface area contributed by atoms with Gasteiger partial charge in [0.05, 0.1) is 12.6 Å². The molecule has 0 aliphatic carbocycles. The molecule has 1 aliphatic heterocycles. The summed E-state index contributed by atoms with van der Waals surface area (Å²) in [6.07, 6.45) is 1.45. The third-order valence-electron chi connectivity index (χ3n) is 3.30. The molecule has 0 bridgehead atoms. The number of β-amino-alcohol motifs (C(OH)–C–C–N with tert-alkyl or cyclic N) is 1. The quantitative estimate of drug-likeness (QED) is 0.892. The Morgan fingerprint density at radius 3 is 3.05 bits per heavy atom. The second kappa shape index (κ2) is 6.37. The molecule has 1 atom stereocenters. The average molecular weight is 283 g/mol. The first kappa shape index (κ1) is 14.3. The van der Waals surface area contributed by atoms with E-state index in [4.69, 9.17) is 11.6 Å². The summed E-state index contributed by atoms with van der Waals surface area (Å²) in [5, 5.41) is 13.0. The fourth-order valence-electron chi connectivity index (χ4n) is 2.25. The molecule has 1 aliphatic rings. The Morgan fingerprint density at radius 1 is 1.58 bits per heavy atom. The number of nitrogens with zero attached hydrogens (tertiary/aromatic N) is 1. The molecule has 1 aromatic carbocycles. The van der Waals surface area contributed by atoms with Crippen LogP contribution in [-0.2, 0) is 4.79 Å². The number of anilines is 1. The van der Waals surface area contributed by atoms with Gasteiger partial charge in [0.2, 0.25) is 5.91 Å². The molecule has 19 heavy (non-hydrogen) atoms. The van der Waals surface area contributed by atoms with Gasteiger partial charge in [0.15, 0.2) is 0 Å². The van der Waals surface area contributed by atoms with Crippen LogP contribution in [-0.4, -0.2) is 41.7 Å². The number of benzene rings is 1. The van der Waals surface area contributed by atoms with E-state index in [9.17, 15) is 9.90 Å². The highest BCUT2D eigenvalue weighted by molar-refractivity contribution is 6.31. The summed E-state index contributed by atoms with van der Waals surface area (Å²) < 4.78 is 0. The molecule has 2 rings (SSSR count). The number of aryl methyl sites for hydroxylation is 1. The lowest BCUT2D eigenvalue weighted by molar-refractivity contribution is -0.118. The first-order valence-corrected chi connectivity index (χ1v) is 6.89. The van der Waals surface area contributed by atoms with Crippen molar-refractivity contribution in [2.75, 3.05) is 25.0 Å². The third kappa shape index (κ3) is 4.20. The van der Waals surface area contributed by atoms with Crippen molar-refractivity contribution in [2.45, 2.75) is 25.9 Å². The zero-order valence-electron chi connectivity index (χ0n) is 11.0. The number of carbonyl (C=O) groups is 1. The molecule has 1 saturated heterocycles. The highest BCUT2D eigenvalue weighted by atomic mass is 35.5. The number of rotatable bonds is 3. The molecule has 1 heterocycles. The molecule has 1 aromatic rings. The van der Waals surface area contributed by atoms with Crippen molar-refractivity contribution in [3.8, 4) is 0 Å². The van der Waals surface area contributed by atoms with Gasteiger partial charge in [-0.05, 0) is 44.0 Å². The van der Waals surface area contributed by atoms with Crippen molar-refractivity contribution in [1.82, 2.24) is 4.90 Å². The highest BCUT2D eigenvalue weighted by Crippen LogP contribution is 2.20. The minimum Gasteiger partial charge on any atom is -0.392 e. The lowest BCUT2D eigenvalue weighted by Gasteiger charge is -2.29. The fourth-order valence-corrected chi connectivity index (χ4v) is 2.43. The van der Waals surface area contributed by atoms with Gasteiger partial charge in [-0.3, -0.25) is 9.69 Å². The third-order valence-corrected chi connectivity index (χ3v) is 3.71. The first-order chi connectivity index (χ1) is 9.04. The lowest BCUT2D eigenvalue weighted by Crippen LogP contribution is -2.42. The van der Waals surface area contributed by atoms with Crippen molar-refractivity contribution in [3.05, 3.63) is 28.8 Å². The molecule has 0 saturated carbocycles. The van der Waals surface area contributed by atoms with Crippen LogP contribution in [0.5, 0.6) is 0 Å². The van der Waals surface area contributed by atoms with E-state index in [1.807, 2.05) is 24.0 Å². The zero-order chi connectivity index (χ0) is 13.8. The number of likely N-dealkylation sites (tertiary alicyclic amines) is 1. The van der Waals surface area contributed by atoms with Crippen molar-refractivity contribution < 1.29 is 9.90 Å². The summed E-state index contributed by atoms with van der Waals surface area (Å²) >= 11 is 6.01. The molecule has 0 radical (unpaired) electrons. The van der Waals surface area contributed by atoms with Gasteiger partial charge >= 0.3 is 0 Å². The predicted octanol–water partition coefficient (Wildman–Crippen LogP) is 2.04. The zero-order valence-corrected chi connectivity index (χ0v) is 11.8. The second-order valence-corrected chi connectivity index (χ2v) is 5.45. The number of aliphatic hydroxyl groups excluding tert-OH is 1. The molecule has 1 amide bonds. The van der Waals surface area contributed by atoms with Gasteiger partial charge in [0.1, 0.15) is 0 Å². The standard InChI is InChI=1S/C14H19ClN2O2/c1-10-4-5-11(7-13(10)15)16-14(19)9-17-6-2-3-12(18)8-17/h4-5,7,12,18H,2-3,6,8-9H2,1H3,(H,16,19). The van der Waals surface area contributed by atoms with Crippen molar-refractivity contribution in [1.29, 1.82) is 0 Å². The molecular weight excluding hydrogens is 264 g/mol. The number of amides is 1. The van der Waals surface area contributed by atoms with Crippen LogP contribution < -0.4 is 5.32 Å². The summed E-state index contributed by atoms with van der Waals surface area (Å²) in [4.78, 5) is 13.9. The topological polar surface area (TPSA) is 52.6 Å². The molecule has 2 N–H and O–H groups in total. The number of halogens is 1. The van der Waals surface area contributed by atoms with E-state index in [2.05, 4.69) is 5.32 Å². The van der Waals surface area contributed by atoms with Crippen LogP contribution in [0.2, 0.25) is 5.02 Å². The van der Waals surface area contributed by atoms with Gasteiger partial charge in [-0.1, -0.05) is 17.7 Å². The maximum atomic E-state index is 11.9. The van der Waals surface area contributed by atoms with E-state index in [0.717, 1.165) is 24.9 Å². The van der Waals surface area contributed by atoms with Crippen LogP contribution in [0.3, 0.4) is 0 Å².